The summed E-state index contributed by atoms with van der Waals surface area (Å²) in [4.78, 5) is 39.5. The summed E-state index contributed by atoms with van der Waals surface area (Å²) in [6.45, 7) is 3.89. The van der Waals surface area contributed by atoms with Crippen LogP contribution in [-0.4, -0.2) is 64.3 Å². The van der Waals surface area contributed by atoms with Crippen LogP contribution in [0.1, 0.15) is 12.1 Å². The normalized spacial score (nSPS) is 20.2. The number of likely N-dealkylation sites (tertiary alicyclic amines) is 1. The summed E-state index contributed by atoms with van der Waals surface area (Å²) >= 11 is 0. The molecule has 140 valence electrons. The lowest BCUT2D eigenvalue weighted by Crippen LogP contribution is -2.50. The molecule has 0 aromatic carbocycles. The summed E-state index contributed by atoms with van der Waals surface area (Å²) < 4.78 is 0. The fourth-order valence-electron chi connectivity index (χ4n) is 3.76. The monoisotopic (exact) mass is 365 g/mol. The van der Waals surface area contributed by atoms with Crippen molar-refractivity contribution in [1.29, 1.82) is 0 Å². The Hall–Kier alpha value is -2.96. The maximum absolute atomic E-state index is 12.9. The molecule has 0 unspecified atom stereocenters. The number of hydrogen-bond donors (Lipinski definition) is 0. The Bertz CT molecular complexity index is 791. The molecule has 4 rings (SSSR count). The Morgan fingerprint density at radius 1 is 1.07 bits per heavy atom. The van der Waals surface area contributed by atoms with Gasteiger partial charge in [-0.05, 0) is 24.3 Å². The predicted molar refractivity (Wildman–Crippen MR) is 101 cm³/mol. The predicted octanol–water partition coefficient (Wildman–Crippen LogP) is 1.17. The molecule has 2 saturated heterocycles. The lowest BCUT2D eigenvalue weighted by molar-refractivity contribution is -0.136. The van der Waals surface area contributed by atoms with Crippen molar-refractivity contribution in [1.82, 2.24) is 19.8 Å². The SMILES string of the molecule is O=C1C[C@@H](C(=O)N2CCN(c3cccnc3)CC2)CN1Cc1ccccn1. The number of amides is 2. The largest absolute Gasteiger partial charge is 0.367 e. The van der Waals surface area contributed by atoms with Gasteiger partial charge in [-0.3, -0.25) is 19.6 Å². The van der Waals surface area contributed by atoms with Gasteiger partial charge in [0.25, 0.3) is 0 Å². The zero-order chi connectivity index (χ0) is 18.6. The van der Waals surface area contributed by atoms with Crippen LogP contribution in [0.4, 0.5) is 5.69 Å². The highest BCUT2D eigenvalue weighted by Gasteiger charge is 2.37. The van der Waals surface area contributed by atoms with Crippen LogP contribution in [0.15, 0.2) is 48.9 Å². The molecule has 2 amide bonds. The third-order valence-corrected chi connectivity index (χ3v) is 5.25. The highest BCUT2D eigenvalue weighted by atomic mass is 16.2. The Balaban J connectivity index is 1.32. The third-order valence-electron chi connectivity index (χ3n) is 5.25. The van der Waals surface area contributed by atoms with E-state index >= 15 is 0 Å². The lowest BCUT2D eigenvalue weighted by atomic mass is 10.1. The Morgan fingerprint density at radius 3 is 2.63 bits per heavy atom. The summed E-state index contributed by atoms with van der Waals surface area (Å²) in [5.74, 6) is -0.114. The first-order chi connectivity index (χ1) is 13.2. The van der Waals surface area contributed by atoms with Crippen LogP contribution in [0.25, 0.3) is 0 Å². The van der Waals surface area contributed by atoms with Gasteiger partial charge in [-0.15, -0.1) is 0 Å². The summed E-state index contributed by atoms with van der Waals surface area (Å²) in [6, 6.07) is 9.63. The van der Waals surface area contributed by atoms with Crippen LogP contribution >= 0.6 is 0 Å². The van der Waals surface area contributed by atoms with Crippen LogP contribution in [0, 0.1) is 5.92 Å². The molecule has 0 N–H and O–H groups in total. The van der Waals surface area contributed by atoms with Crippen LogP contribution in [0.2, 0.25) is 0 Å². The van der Waals surface area contributed by atoms with Gasteiger partial charge in [0.15, 0.2) is 0 Å². The molecule has 1 atom stereocenters. The molecule has 2 aliphatic heterocycles. The van der Waals surface area contributed by atoms with Gasteiger partial charge in [0.05, 0.1) is 30.0 Å². The topological polar surface area (TPSA) is 69.6 Å². The number of hydrogen-bond acceptors (Lipinski definition) is 5. The van der Waals surface area contributed by atoms with Crippen LogP contribution in [0.3, 0.4) is 0 Å². The lowest BCUT2D eigenvalue weighted by Gasteiger charge is -2.36. The number of aromatic nitrogens is 2. The zero-order valence-corrected chi connectivity index (χ0v) is 15.2. The second kappa shape index (κ2) is 7.73. The van der Waals surface area contributed by atoms with Crippen LogP contribution in [-0.2, 0) is 16.1 Å². The summed E-state index contributed by atoms with van der Waals surface area (Å²) in [5.41, 5.74) is 1.94. The molecule has 0 aliphatic carbocycles. The van der Waals surface area contributed by atoms with E-state index in [1.54, 1.807) is 17.3 Å². The van der Waals surface area contributed by atoms with Gasteiger partial charge >= 0.3 is 0 Å². The van der Waals surface area contributed by atoms with Gasteiger partial charge in [-0.25, -0.2) is 0 Å². The van der Waals surface area contributed by atoms with E-state index in [2.05, 4.69) is 14.9 Å². The third kappa shape index (κ3) is 3.92. The molecular weight excluding hydrogens is 342 g/mol. The van der Waals surface area contributed by atoms with E-state index in [1.807, 2.05) is 41.4 Å². The highest BCUT2D eigenvalue weighted by Crippen LogP contribution is 2.23. The van der Waals surface area contributed by atoms with E-state index in [0.717, 1.165) is 24.5 Å². The smallest absolute Gasteiger partial charge is 0.228 e. The van der Waals surface area contributed by atoms with Crippen molar-refractivity contribution in [3.8, 4) is 0 Å². The quantitative estimate of drug-likeness (QED) is 0.814. The molecule has 2 aliphatic rings. The van der Waals surface area contributed by atoms with Gasteiger partial charge in [0, 0.05) is 51.5 Å². The Morgan fingerprint density at radius 2 is 1.93 bits per heavy atom. The summed E-state index contributed by atoms with van der Waals surface area (Å²) in [7, 11) is 0. The van der Waals surface area contributed by atoms with Gasteiger partial charge in [0.1, 0.15) is 0 Å². The van der Waals surface area contributed by atoms with Gasteiger partial charge in [-0.1, -0.05) is 6.07 Å². The standard InChI is InChI=1S/C20H23N5O2/c26-19-12-16(14-25(19)15-17-4-1-2-7-22-17)20(27)24-10-8-23(9-11-24)18-5-3-6-21-13-18/h1-7,13,16H,8-12,14-15H2/t16-/m1/s1. The fourth-order valence-corrected chi connectivity index (χ4v) is 3.76. The van der Waals surface area contributed by atoms with Gasteiger partial charge < -0.3 is 14.7 Å². The van der Waals surface area contributed by atoms with Crippen molar-refractivity contribution in [3.63, 3.8) is 0 Å². The molecule has 0 radical (unpaired) electrons. The van der Waals surface area contributed by atoms with Crippen molar-refractivity contribution in [2.24, 2.45) is 5.92 Å². The van der Waals surface area contributed by atoms with Gasteiger partial charge in [0.2, 0.25) is 11.8 Å². The van der Waals surface area contributed by atoms with E-state index < -0.39 is 0 Å². The summed E-state index contributed by atoms with van der Waals surface area (Å²) in [6.07, 6.45) is 5.63. The van der Waals surface area contributed by atoms with Gasteiger partial charge in [-0.2, -0.15) is 0 Å². The number of carbonyl (C=O) groups excluding carboxylic acids is 2. The van der Waals surface area contributed by atoms with E-state index in [0.29, 0.717) is 32.6 Å². The second-order valence-electron chi connectivity index (χ2n) is 7.02. The Labute approximate surface area is 158 Å². The average molecular weight is 365 g/mol. The number of carbonyl (C=O) groups is 2. The first-order valence-corrected chi connectivity index (χ1v) is 9.32. The molecule has 2 aromatic rings. The molecule has 4 heterocycles. The minimum atomic E-state index is -0.244. The highest BCUT2D eigenvalue weighted by molar-refractivity contribution is 5.89. The molecule has 0 spiro atoms. The maximum Gasteiger partial charge on any atom is 0.228 e. The van der Waals surface area contributed by atoms with E-state index in [-0.39, 0.29) is 17.7 Å². The number of piperazine rings is 1. The van der Waals surface area contributed by atoms with Crippen molar-refractivity contribution in [2.45, 2.75) is 13.0 Å². The Kier molecular flexibility index (Phi) is 5.00. The minimum Gasteiger partial charge on any atom is -0.367 e. The fraction of sp³-hybridized carbons (Fsp3) is 0.400. The molecule has 2 aromatic heterocycles. The van der Waals surface area contributed by atoms with Crippen LogP contribution in [0.5, 0.6) is 0 Å². The molecule has 27 heavy (non-hydrogen) atoms. The maximum atomic E-state index is 12.9. The zero-order valence-electron chi connectivity index (χ0n) is 15.2. The van der Waals surface area contributed by atoms with E-state index in [1.165, 1.54) is 0 Å². The first kappa shape index (κ1) is 17.5. The average Bonchev–Trinajstić information content (AvgIpc) is 3.09. The molecule has 7 nitrogen and oxygen atoms in total. The second-order valence-corrected chi connectivity index (χ2v) is 7.02. The molecule has 7 heteroatoms. The first-order valence-electron chi connectivity index (χ1n) is 9.32. The molecule has 0 saturated carbocycles. The number of nitrogens with zero attached hydrogens (tertiary/aromatic N) is 5. The molecular formula is C20H23N5O2. The van der Waals surface area contributed by atoms with Crippen molar-refractivity contribution in [2.75, 3.05) is 37.6 Å². The molecule has 2 fully saturated rings. The number of rotatable bonds is 4. The minimum absolute atomic E-state index is 0.0352. The van der Waals surface area contributed by atoms with Crippen molar-refractivity contribution < 1.29 is 9.59 Å². The number of pyridine rings is 2. The van der Waals surface area contributed by atoms with Crippen molar-refractivity contribution >= 4 is 17.5 Å². The summed E-state index contributed by atoms with van der Waals surface area (Å²) in [5, 5.41) is 0. The van der Waals surface area contributed by atoms with Crippen LogP contribution < -0.4 is 4.90 Å². The van der Waals surface area contributed by atoms with Crippen molar-refractivity contribution in [3.05, 3.63) is 54.6 Å². The van der Waals surface area contributed by atoms with E-state index in [9.17, 15) is 9.59 Å². The number of anilines is 1. The molecule has 0 bridgehead atoms. The van der Waals surface area contributed by atoms with E-state index in [4.69, 9.17) is 0 Å².